The SMILES string of the molecule is CCCNC(C)c1ccc(Br)cc1OCCF. The van der Waals surface area contributed by atoms with Gasteiger partial charge in [0.15, 0.2) is 0 Å². The molecule has 0 bridgehead atoms. The molecule has 1 rings (SSSR count). The molecule has 0 saturated heterocycles. The molecule has 1 unspecified atom stereocenters. The van der Waals surface area contributed by atoms with Crippen LogP contribution in [0.15, 0.2) is 22.7 Å². The topological polar surface area (TPSA) is 21.3 Å². The van der Waals surface area contributed by atoms with Crippen molar-refractivity contribution >= 4 is 15.9 Å². The minimum atomic E-state index is -0.470. The summed E-state index contributed by atoms with van der Waals surface area (Å²) in [5, 5.41) is 3.40. The van der Waals surface area contributed by atoms with E-state index in [9.17, 15) is 4.39 Å². The number of halogens is 2. The summed E-state index contributed by atoms with van der Waals surface area (Å²) in [4.78, 5) is 0. The van der Waals surface area contributed by atoms with E-state index < -0.39 is 6.67 Å². The van der Waals surface area contributed by atoms with E-state index >= 15 is 0 Å². The van der Waals surface area contributed by atoms with Gasteiger partial charge in [-0.2, -0.15) is 0 Å². The van der Waals surface area contributed by atoms with Crippen LogP contribution in [0, 0.1) is 0 Å². The van der Waals surface area contributed by atoms with Gasteiger partial charge in [0, 0.05) is 16.1 Å². The van der Waals surface area contributed by atoms with Crippen LogP contribution in [-0.4, -0.2) is 19.8 Å². The van der Waals surface area contributed by atoms with Gasteiger partial charge in [-0.15, -0.1) is 0 Å². The van der Waals surface area contributed by atoms with Crippen LogP contribution in [0.5, 0.6) is 5.75 Å². The molecule has 0 radical (unpaired) electrons. The van der Waals surface area contributed by atoms with Crippen LogP contribution in [0.4, 0.5) is 4.39 Å². The van der Waals surface area contributed by atoms with E-state index in [2.05, 4.69) is 35.1 Å². The number of rotatable bonds is 7. The molecule has 96 valence electrons. The molecule has 1 aromatic rings. The largest absolute Gasteiger partial charge is 0.490 e. The molecule has 2 nitrogen and oxygen atoms in total. The van der Waals surface area contributed by atoms with Gasteiger partial charge in [0.2, 0.25) is 0 Å². The van der Waals surface area contributed by atoms with E-state index in [1.165, 1.54) is 0 Å². The molecule has 1 aromatic carbocycles. The highest BCUT2D eigenvalue weighted by molar-refractivity contribution is 9.10. The minimum Gasteiger partial charge on any atom is -0.490 e. The molecule has 0 saturated carbocycles. The molecule has 0 heterocycles. The Balaban J connectivity index is 2.80. The molecule has 4 heteroatoms. The van der Waals surface area contributed by atoms with E-state index in [1.54, 1.807) is 0 Å². The van der Waals surface area contributed by atoms with Crippen molar-refractivity contribution in [2.75, 3.05) is 19.8 Å². The van der Waals surface area contributed by atoms with Gasteiger partial charge >= 0.3 is 0 Å². The fraction of sp³-hybridized carbons (Fsp3) is 0.538. The van der Waals surface area contributed by atoms with E-state index in [0.29, 0.717) is 0 Å². The van der Waals surface area contributed by atoms with Crippen LogP contribution in [-0.2, 0) is 0 Å². The number of nitrogens with one attached hydrogen (secondary N) is 1. The molecule has 0 aliphatic carbocycles. The molecule has 0 spiro atoms. The van der Waals surface area contributed by atoms with Crippen molar-refractivity contribution in [3.05, 3.63) is 28.2 Å². The molecule has 1 N–H and O–H groups in total. The maximum atomic E-state index is 12.2. The lowest BCUT2D eigenvalue weighted by Gasteiger charge is -2.18. The molecule has 1 atom stereocenters. The van der Waals surface area contributed by atoms with Crippen molar-refractivity contribution in [2.45, 2.75) is 26.3 Å². The first-order chi connectivity index (χ1) is 8.19. The van der Waals surface area contributed by atoms with Crippen molar-refractivity contribution < 1.29 is 9.13 Å². The summed E-state index contributed by atoms with van der Waals surface area (Å²) < 4.78 is 18.5. The van der Waals surface area contributed by atoms with Gasteiger partial charge in [-0.3, -0.25) is 0 Å². The first-order valence-electron chi connectivity index (χ1n) is 5.90. The van der Waals surface area contributed by atoms with Gasteiger partial charge in [0.25, 0.3) is 0 Å². The Labute approximate surface area is 111 Å². The van der Waals surface area contributed by atoms with Crippen molar-refractivity contribution in [3.63, 3.8) is 0 Å². The van der Waals surface area contributed by atoms with Gasteiger partial charge in [-0.05, 0) is 32.0 Å². The summed E-state index contributed by atoms with van der Waals surface area (Å²) >= 11 is 3.40. The van der Waals surface area contributed by atoms with Crippen molar-refractivity contribution in [1.29, 1.82) is 0 Å². The predicted octanol–water partition coefficient (Wildman–Crippen LogP) is 3.86. The molecular weight excluding hydrogens is 285 g/mol. The van der Waals surface area contributed by atoms with Crippen LogP contribution >= 0.6 is 15.9 Å². The highest BCUT2D eigenvalue weighted by Crippen LogP contribution is 2.28. The van der Waals surface area contributed by atoms with Crippen LogP contribution in [0.1, 0.15) is 31.9 Å². The Hall–Kier alpha value is -0.610. The molecule has 0 amide bonds. The Kier molecular flexibility index (Phi) is 6.52. The molecule has 17 heavy (non-hydrogen) atoms. The molecule has 0 aliphatic heterocycles. The molecule has 0 fully saturated rings. The lowest BCUT2D eigenvalue weighted by atomic mass is 10.1. The summed E-state index contributed by atoms with van der Waals surface area (Å²) in [5.74, 6) is 0.744. The standard InChI is InChI=1S/C13H19BrFNO/c1-3-7-16-10(2)12-5-4-11(14)9-13(12)17-8-6-15/h4-5,9-10,16H,3,6-8H2,1-2H3. The van der Waals surface area contributed by atoms with Gasteiger partial charge in [-0.25, -0.2) is 4.39 Å². The summed E-state index contributed by atoms with van der Waals surface area (Å²) in [6, 6.07) is 6.07. The highest BCUT2D eigenvalue weighted by Gasteiger charge is 2.11. The van der Waals surface area contributed by atoms with E-state index in [-0.39, 0.29) is 12.6 Å². The number of hydrogen-bond donors (Lipinski definition) is 1. The zero-order chi connectivity index (χ0) is 12.7. The first kappa shape index (κ1) is 14.5. The van der Waals surface area contributed by atoms with Crippen LogP contribution in [0.3, 0.4) is 0 Å². The molecule has 0 aromatic heterocycles. The maximum Gasteiger partial charge on any atom is 0.125 e. The van der Waals surface area contributed by atoms with E-state index in [0.717, 1.165) is 28.8 Å². The number of hydrogen-bond acceptors (Lipinski definition) is 2. The lowest BCUT2D eigenvalue weighted by Crippen LogP contribution is -2.20. The summed E-state index contributed by atoms with van der Waals surface area (Å²) in [6.45, 7) is 4.80. The number of benzene rings is 1. The third-order valence-electron chi connectivity index (χ3n) is 2.48. The zero-order valence-corrected chi connectivity index (χ0v) is 11.9. The van der Waals surface area contributed by atoms with Gasteiger partial charge in [0.05, 0.1) is 0 Å². The van der Waals surface area contributed by atoms with Crippen molar-refractivity contribution in [1.82, 2.24) is 5.32 Å². The summed E-state index contributed by atoms with van der Waals surface area (Å²) in [6.07, 6.45) is 1.08. The van der Waals surface area contributed by atoms with Gasteiger partial charge < -0.3 is 10.1 Å². The number of alkyl halides is 1. The zero-order valence-electron chi connectivity index (χ0n) is 10.3. The van der Waals surface area contributed by atoms with Crippen LogP contribution < -0.4 is 10.1 Å². The third kappa shape index (κ3) is 4.64. The summed E-state index contributed by atoms with van der Waals surface area (Å²) in [5.41, 5.74) is 1.06. The van der Waals surface area contributed by atoms with Crippen LogP contribution in [0.25, 0.3) is 0 Å². The van der Waals surface area contributed by atoms with Gasteiger partial charge in [0.1, 0.15) is 19.0 Å². The Bertz CT molecular complexity index is 346. The quantitative estimate of drug-likeness (QED) is 0.826. The smallest absolute Gasteiger partial charge is 0.125 e. The summed E-state index contributed by atoms with van der Waals surface area (Å²) in [7, 11) is 0. The average Bonchev–Trinajstić information content (AvgIpc) is 2.33. The second kappa shape index (κ2) is 7.67. The third-order valence-corrected chi connectivity index (χ3v) is 2.97. The fourth-order valence-corrected chi connectivity index (χ4v) is 1.95. The predicted molar refractivity (Wildman–Crippen MR) is 72.3 cm³/mol. The van der Waals surface area contributed by atoms with Crippen molar-refractivity contribution in [2.24, 2.45) is 0 Å². The molecular formula is C13H19BrFNO. The van der Waals surface area contributed by atoms with Crippen LogP contribution in [0.2, 0.25) is 0 Å². The molecule has 0 aliphatic rings. The maximum absolute atomic E-state index is 12.2. The minimum absolute atomic E-state index is 0.101. The second-order valence-electron chi connectivity index (χ2n) is 3.90. The Morgan fingerprint density at radius 2 is 2.24 bits per heavy atom. The van der Waals surface area contributed by atoms with E-state index in [1.807, 2.05) is 18.2 Å². The first-order valence-corrected chi connectivity index (χ1v) is 6.70. The average molecular weight is 304 g/mol. The second-order valence-corrected chi connectivity index (χ2v) is 4.81. The Morgan fingerprint density at radius 1 is 1.47 bits per heavy atom. The number of ether oxygens (including phenoxy) is 1. The van der Waals surface area contributed by atoms with Gasteiger partial charge in [-0.1, -0.05) is 28.9 Å². The normalized spacial score (nSPS) is 12.5. The highest BCUT2D eigenvalue weighted by atomic mass is 79.9. The van der Waals surface area contributed by atoms with Crippen molar-refractivity contribution in [3.8, 4) is 5.75 Å². The Morgan fingerprint density at radius 3 is 2.88 bits per heavy atom. The fourth-order valence-electron chi connectivity index (χ4n) is 1.61. The monoisotopic (exact) mass is 303 g/mol. The lowest BCUT2D eigenvalue weighted by molar-refractivity contribution is 0.269. The van der Waals surface area contributed by atoms with E-state index in [4.69, 9.17) is 4.74 Å².